The monoisotopic (exact) mass is 352 g/mol. The highest BCUT2D eigenvalue weighted by atomic mass is 16.2. The number of amides is 2. The summed E-state index contributed by atoms with van der Waals surface area (Å²) in [5.41, 5.74) is 3.81. The Morgan fingerprint density at radius 1 is 1.00 bits per heavy atom. The molecule has 0 spiro atoms. The van der Waals surface area contributed by atoms with E-state index in [2.05, 4.69) is 60.2 Å². The highest BCUT2D eigenvalue weighted by molar-refractivity contribution is 5.74. The van der Waals surface area contributed by atoms with Gasteiger partial charge in [0.2, 0.25) is 0 Å². The molecule has 0 bridgehead atoms. The molecule has 0 atom stereocenters. The average molecular weight is 352 g/mol. The van der Waals surface area contributed by atoms with Crippen LogP contribution in [0.3, 0.4) is 0 Å². The smallest absolute Gasteiger partial charge is 0.317 e. The molecule has 3 rings (SSSR count). The van der Waals surface area contributed by atoms with Crippen LogP contribution in [0.2, 0.25) is 0 Å². The Hall–Kier alpha value is -2.56. The number of rotatable bonds is 3. The standard InChI is InChI=1S/C21H28N4O/c1-21(2,3)18-4-6-19(7-5-18)24-12-14-25(15-13-24)20(26)23-16-17-8-10-22-11-9-17/h4-11H,12-16H2,1-3H3,(H,23,26). The van der Waals surface area contributed by atoms with E-state index in [1.54, 1.807) is 12.4 Å². The lowest BCUT2D eigenvalue weighted by molar-refractivity contribution is 0.194. The van der Waals surface area contributed by atoms with Gasteiger partial charge in [0, 0.05) is 50.8 Å². The number of hydrogen-bond donors (Lipinski definition) is 1. The largest absolute Gasteiger partial charge is 0.368 e. The minimum atomic E-state index is 0.00421. The normalized spacial score (nSPS) is 15.0. The second-order valence-corrected chi connectivity index (χ2v) is 7.79. The molecule has 1 aliphatic heterocycles. The Balaban J connectivity index is 1.50. The maximum Gasteiger partial charge on any atom is 0.317 e. The van der Waals surface area contributed by atoms with E-state index >= 15 is 0 Å². The minimum absolute atomic E-state index is 0.00421. The SMILES string of the molecule is CC(C)(C)c1ccc(N2CCN(C(=O)NCc3ccncc3)CC2)cc1. The lowest BCUT2D eigenvalue weighted by Gasteiger charge is -2.36. The highest BCUT2D eigenvalue weighted by Gasteiger charge is 2.21. The maximum absolute atomic E-state index is 12.4. The number of nitrogens with one attached hydrogen (secondary N) is 1. The number of urea groups is 1. The number of aromatic nitrogens is 1. The second-order valence-electron chi connectivity index (χ2n) is 7.79. The van der Waals surface area contributed by atoms with E-state index in [9.17, 15) is 4.79 Å². The van der Waals surface area contributed by atoms with E-state index in [0.717, 1.165) is 31.7 Å². The van der Waals surface area contributed by atoms with E-state index in [-0.39, 0.29) is 11.4 Å². The van der Waals surface area contributed by atoms with Gasteiger partial charge in [-0.3, -0.25) is 4.98 Å². The first-order valence-corrected chi connectivity index (χ1v) is 9.21. The zero-order valence-electron chi connectivity index (χ0n) is 15.9. The second kappa shape index (κ2) is 7.77. The third-order valence-corrected chi connectivity index (χ3v) is 4.86. The van der Waals surface area contributed by atoms with Gasteiger partial charge in [-0.2, -0.15) is 0 Å². The molecule has 0 aliphatic carbocycles. The van der Waals surface area contributed by atoms with Crippen LogP contribution in [0, 0.1) is 0 Å². The van der Waals surface area contributed by atoms with Crippen molar-refractivity contribution in [3.63, 3.8) is 0 Å². The third-order valence-electron chi connectivity index (χ3n) is 4.86. The topological polar surface area (TPSA) is 48.5 Å². The molecule has 0 unspecified atom stereocenters. The van der Waals surface area contributed by atoms with Gasteiger partial charge in [-0.25, -0.2) is 4.79 Å². The van der Waals surface area contributed by atoms with Gasteiger partial charge in [-0.15, -0.1) is 0 Å². The summed E-state index contributed by atoms with van der Waals surface area (Å²) >= 11 is 0. The van der Waals surface area contributed by atoms with Gasteiger partial charge < -0.3 is 15.1 Å². The van der Waals surface area contributed by atoms with E-state index in [1.807, 2.05) is 17.0 Å². The average Bonchev–Trinajstić information content (AvgIpc) is 2.66. The summed E-state index contributed by atoms with van der Waals surface area (Å²) in [6.45, 7) is 10.4. The number of hydrogen-bond acceptors (Lipinski definition) is 3. The first-order chi connectivity index (χ1) is 12.4. The Morgan fingerprint density at radius 2 is 1.62 bits per heavy atom. The van der Waals surface area contributed by atoms with Gasteiger partial charge in [0.25, 0.3) is 0 Å². The van der Waals surface area contributed by atoms with Crippen molar-refractivity contribution in [1.82, 2.24) is 15.2 Å². The predicted molar refractivity (Wildman–Crippen MR) is 105 cm³/mol. The summed E-state index contributed by atoms with van der Waals surface area (Å²) in [6, 6.07) is 12.6. The third kappa shape index (κ3) is 4.54. The lowest BCUT2D eigenvalue weighted by atomic mass is 9.87. The number of nitrogens with zero attached hydrogens (tertiary/aromatic N) is 3. The summed E-state index contributed by atoms with van der Waals surface area (Å²) < 4.78 is 0. The Morgan fingerprint density at radius 3 is 2.19 bits per heavy atom. The van der Waals surface area contributed by atoms with Crippen LogP contribution in [0.1, 0.15) is 31.9 Å². The fourth-order valence-corrected chi connectivity index (χ4v) is 3.13. The predicted octanol–water partition coefficient (Wildman–Crippen LogP) is 3.41. The molecule has 26 heavy (non-hydrogen) atoms. The highest BCUT2D eigenvalue weighted by Crippen LogP contribution is 2.25. The molecule has 1 saturated heterocycles. The van der Waals surface area contributed by atoms with Crippen LogP contribution in [-0.4, -0.2) is 42.1 Å². The number of anilines is 1. The van der Waals surface area contributed by atoms with E-state index in [1.165, 1.54) is 11.3 Å². The van der Waals surface area contributed by atoms with Crippen molar-refractivity contribution in [1.29, 1.82) is 0 Å². The summed E-state index contributed by atoms with van der Waals surface area (Å²) in [4.78, 5) is 20.6. The molecule has 1 aliphatic rings. The van der Waals surface area contributed by atoms with Crippen LogP contribution in [0.15, 0.2) is 48.8 Å². The van der Waals surface area contributed by atoms with Crippen LogP contribution in [0.25, 0.3) is 0 Å². The number of carbonyl (C=O) groups excluding carboxylic acids is 1. The van der Waals surface area contributed by atoms with Crippen molar-refractivity contribution in [3.05, 3.63) is 59.9 Å². The zero-order valence-corrected chi connectivity index (χ0v) is 15.9. The summed E-state index contributed by atoms with van der Waals surface area (Å²) in [5.74, 6) is 0. The number of piperazine rings is 1. The molecule has 1 aromatic carbocycles. The van der Waals surface area contributed by atoms with Crippen molar-refractivity contribution in [2.75, 3.05) is 31.1 Å². The number of benzene rings is 1. The van der Waals surface area contributed by atoms with Crippen LogP contribution in [-0.2, 0) is 12.0 Å². The minimum Gasteiger partial charge on any atom is -0.368 e. The van der Waals surface area contributed by atoms with Crippen LogP contribution in [0.5, 0.6) is 0 Å². The van der Waals surface area contributed by atoms with E-state index < -0.39 is 0 Å². The quantitative estimate of drug-likeness (QED) is 0.921. The zero-order chi connectivity index (χ0) is 18.6. The Kier molecular flexibility index (Phi) is 5.45. The summed E-state index contributed by atoms with van der Waals surface area (Å²) in [7, 11) is 0. The van der Waals surface area contributed by atoms with Crippen molar-refractivity contribution in [2.45, 2.75) is 32.7 Å². The van der Waals surface area contributed by atoms with Crippen LogP contribution in [0.4, 0.5) is 10.5 Å². The molecular weight excluding hydrogens is 324 g/mol. The van der Waals surface area contributed by atoms with Crippen LogP contribution >= 0.6 is 0 Å². The van der Waals surface area contributed by atoms with Gasteiger partial charge >= 0.3 is 6.03 Å². The molecule has 0 saturated carbocycles. The van der Waals surface area contributed by atoms with Gasteiger partial charge in [-0.1, -0.05) is 32.9 Å². The number of pyridine rings is 1. The van der Waals surface area contributed by atoms with E-state index in [4.69, 9.17) is 0 Å². The molecule has 2 amide bonds. The van der Waals surface area contributed by atoms with Crippen LogP contribution < -0.4 is 10.2 Å². The Bertz CT molecular complexity index is 714. The lowest BCUT2D eigenvalue weighted by Crippen LogP contribution is -2.51. The molecule has 138 valence electrons. The number of carbonyl (C=O) groups is 1. The van der Waals surface area contributed by atoms with Crippen molar-refractivity contribution in [2.24, 2.45) is 0 Å². The first kappa shape index (κ1) is 18.2. The molecule has 1 N–H and O–H groups in total. The first-order valence-electron chi connectivity index (χ1n) is 9.21. The summed E-state index contributed by atoms with van der Waals surface area (Å²) in [6.07, 6.45) is 3.48. The molecule has 1 fully saturated rings. The molecule has 1 aromatic heterocycles. The molecule has 2 heterocycles. The van der Waals surface area contributed by atoms with Gasteiger partial charge in [0.15, 0.2) is 0 Å². The Labute approximate surface area is 156 Å². The molecular formula is C21H28N4O. The molecule has 5 nitrogen and oxygen atoms in total. The van der Waals surface area contributed by atoms with E-state index in [0.29, 0.717) is 6.54 Å². The molecule has 2 aromatic rings. The van der Waals surface area contributed by atoms with Crippen molar-refractivity contribution in [3.8, 4) is 0 Å². The fourth-order valence-electron chi connectivity index (χ4n) is 3.13. The van der Waals surface area contributed by atoms with Gasteiger partial charge in [-0.05, 0) is 40.8 Å². The summed E-state index contributed by atoms with van der Waals surface area (Å²) in [5, 5.41) is 2.99. The maximum atomic E-state index is 12.4. The van der Waals surface area contributed by atoms with Crippen molar-refractivity contribution < 1.29 is 4.79 Å². The van der Waals surface area contributed by atoms with Gasteiger partial charge in [0.1, 0.15) is 0 Å². The molecule has 5 heteroatoms. The fraction of sp³-hybridized carbons (Fsp3) is 0.429. The van der Waals surface area contributed by atoms with Gasteiger partial charge in [0.05, 0.1) is 0 Å². The van der Waals surface area contributed by atoms with Crippen molar-refractivity contribution >= 4 is 11.7 Å². The molecule has 0 radical (unpaired) electrons.